The number of rotatable bonds is 10. The molecule has 4 rings (SSSR count). The van der Waals surface area contributed by atoms with Crippen molar-refractivity contribution in [3.63, 3.8) is 0 Å². The first kappa shape index (κ1) is 27.9. The molecule has 0 heterocycles. The van der Waals surface area contributed by atoms with Gasteiger partial charge in [-0.1, -0.05) is 82.9 Å². The van der Waals surface area contributed by atoms with Gasteiger partial charge in [-0.15, -0.1) is 0 Å². The first-order valence-electron chi connectivity index (χ1n) is 15.0. The minimum atomic E-state index is -0.625. The molecule has 4 saturated carbocycles. The Morgan fingerprint density at radius 1 is 1.06 bits per heavy atom. The topological polar surface area (TPSA) is 60.7 Å². The Morgan fingerprint density at radius 3 is 2.56 bits per heavy atom. The van der Waals surface area contributed by atoms with Crippen molar-refractivity contribution in [3.05, 3.63) is 47.6 Å². The van der Waals surface area contributed by atoms with E-state index < -0.39 is 12.2 Å². The molecule has 4 aliphatic rings. The second-order valence-electron chi connectivity index (χ2n) is 13.0. The number of aliphatic hydroxyl groups excluding tert-OH is 3. The molecule has 0 aliphatic heterocycles. The molecule has 0 saturated heterocycles. The van der Waals surface area contributed by atoms with Crippen molar-refractivity contribution in [1.82, 2.24) is 0 Å². The Morgan fingerprint density at radius 2 is 1.83 bits per heavy atom. The average Bonchev–Trinajstić information content (AvgIpc) is 3.55. The zero-order valence-corrected chi connectivity index (χ0v) is 23.2. The Hall–Kier alpha value is -1.16. The zero-order chi connectivity index (χ0) is 25.9. The molecule has 0 radical (unpaired) electrons. The van der Waals surface area contributed by atoms with Gasteiger partial charge in [0.15, 0.2) is 0 Å². The summed E-state index contributed by atoms with van der Waals surface area (Å²) < 4.78 is 0. The van der Waals surface area contributed by atoms with Gasteiger partial charge in [0.25, 0.3) is 0 Å². The van der Waals surface area contributed by atoms with E-state index in [4.69, 9.17) is 0 Å². The van der Waals surface area contributed by atoms with Crippen LogP contribution in [0.15, 0.2) is 47.6 Å². The van der Waals surface area contributed by atoms with E-state index in [1.807, 2.05) is 0 Å². The highest BCUT2D eigenvalue weighted by molar-refractivity contribution is 5.38. The van der Waals surface area contributed by atoms with Crippen LogP contribution < -0.4 is 0 Å². The summed E-state index contributed by atoms with van der Waals surface area (Å²) in [7, 11) is 0. The number of aliphatic hydroxyl groups is 3. The van der Waals surface area contributed by atoms with Gasteiger partial charge in [-0.2, -0.15) is 0 Å². The molecule has 3 nitrogen and oxygen atoms in total. The number of fused-ring (bicyclic) bond motifs is 1. The maximum atomic E-state index is 11.0. The Balaban J connectivity index is 1.40. The smallest absolute Gasteiger partial charge is 0.0811 e. The molecule has 3 N–H and O–H groups in total. The maximum absolute atomic E-state index is 11.0. The summed E-state index contributed by atoms with van der Waals surface area (Å²) in [5.74, 6) is 1.73. The summed E-state index contributed by atoms with van der Waals surface area (Å²) in [6.45, 7) is 11.2. The highest BCUT2D eigenvalue weighted by Gasteiger charge is 2.51. The molecule has 36 heavy (non-hydrogen) atoms. The van der Waals surface area contributed by atoms with Crippen LogP contribution >= 0.6 is 0 Å². The molecule has 3 heteroatoms. The van der Waals surface area contributed by atoms with Crippen molar-refractivity contribution in [2.24, 2.45) is 28.6 Å². The van der Waals surface area contributed by atoms with Crippen LogP contribution in [-0.4, -0.2) is 33.6 Å². The Labute approximate surface area is 220 Å². The summed E-state index contributed by atoms with van der Waals surface area (Å²) in [6, 6.07) is 0. The fourth-order valence-electron chi connectivity index (χ4n) is 7.99. The minimum absolute atomic E-state index is 0.171. The van der Waals surface area contributed by atoms with Crippen molar-refractivity contribution >= 4 is 0 Å². The highest BCUT2D eigenvalue weighted by Crippen LogP contribution is 2.60. The van der Waals surface area contributed by atoms with Gasteiger partial charge in [-0.3, -0.25) is 0 Å². The Bertz CT molecular complexity index is 862. The fourth-order valence-corrected chi connectivity index (χ4v) is 7.99. The van der Waals surface area contributed by atoms with Crippen molar-refractivity contribution in [2.75, 3.05) is 0 Å². The molecule has 0 unspecified atom stereocenters. The Kier molecular flexibility index (Phi) is 9.06. The molecule has 0 amide bonds. The minimum Gasteiger partial charge on any atom is -0.393 e. The fraction of sp³-hybridized carbons (Fsp3) is 0.758. The summed E-state index contributed by atoms with van der Waals surface area (Å²) >= 11 is 0. The van der Waals surface area contributed by atoms with Crippen LogP contribution in [0.5, 0.6) is 0 Å². The predicted octanol–water partition coefficient (Wildman–Crippen LogP) is 7.43. The van der Waals surface area contributed by atoms with Crippen LogP contribution in [-0.2, 0) is 0 Å². The normalized spacial score (nSPS) is 38.0. The van der Waals surface area contributed by atoms with E-state index in [0.29, 0.717) is 36.0 Å². The molecular formula is C33H52O3. The quantitative estimate of drug-likeness (QED) is 0.218. The highest BCUT2D eigenvalue weighted by atomic mass is 16.3. The molecule has 7 atom stereocenters. The van der Waals surface area contributed by atoms with Gasteiger partial charge in [-0.05, 0) is 97.5 Å². The summed E-state index contributed by atoms with van der Waals surface area (Å²) in [5.41, 5.74) is 3.80. The van der Waals surface area contributed by atoms with E-state index >= 15 is 0 Å². The largest absolute Gasteiger partial charge is 0.393 e. The van der Waals surface area contributed by atoms with E-state index in [1.165, 1.54) is 70.6 Å². The monoisotopic (exact) mass is 496 g/mol. The van der Waals surface area contributed by atoms with E-state index in [0.717, 1.165) is 17.6 Å². The van der Waals surface area contributed by atoms with Crippen LogP contribution in [0.2, 0.25) is 0 Å². The van der Waals surface area contributed by atoms with Crippen molar-refractivity contribution in [1.29, 1.82) is 0 Å². The van der Waals surface area contributed by atoms with Crippen LogP contribution in [0, 0.1) is 28.6 Å². The molecule has 0 aromatic rings. The van der Waals surface area contributed by atoms with Gasteiger partial charge in [0.2, 0.25) is 0 Å². The third kappa shape index (κ3) is 5.94. The third-order valence-corrected chi connectivity index (χ3v) is 10.6. The van der Waals surface area contributed by atoms with Crippen molar-refractivity contribution < 1.29 is 15.3 Å². The first-order valence-corrected chi connectivity index (χ1v) is 15.0. The van der Waals surface area contributed by atoms with Crippen molar-refractivity contribution in [3.8, 4) is 0 Å². The molecule has 4 aliphatic carbocycles. The SMILES string of the molecule is C=C1/C(=C\C=C2/CCC[C@]3(C)[C@@H]([C@H](C)/C=C/[C@@H](O)C4(CCCCCC)CC4)CC[C@@H]23)C[C@@H](O)C[C@@H]1O. The predicted molar refractivity (Wildman–Crippen MR) is 149 cm³/mol. The number of hydrogen-bond acceptors (Lipinski definition) is 3. The lowest BCUT2D eigenvalue weighted by Gasteiger charge is -2.44. The lowest BCUT2D eigenvalue weighted by molar-refractivity contribution is 0.0862. The number of unbranched alkanes of at least 4 members (excludes halogenated alkanes) is 3. The molecule has 0 spiro atoms. The van der Waals surface area contributed by atoms with Crippen LogP contribution in [0.4, 0.5) is 0 Å². The van der Waals surface area contributed by atoms with Crippen LogP contribution in [0.25, 0.3) is 0 Å². The maximum Gasteiger partial charge on any atom is 0.0811 e. The molecule has 0 aromatic carbocycles. The lowest BCUT2D eigenvalue weighted by Crippen LogP contribution is -2.35. The number of hydrogen-bond donors (Lipinski definition) is 3. The first-order chi connectivity index (χ1) is 17.2. The van der Waals surface area contributed by atoms with Gasteiger partial charge >= 0.3 is 0 Å². The molecular weight excluding hydrogens is 444 g/mol. The second-order valence-corrected chi connectivity index (χ2v) is 13.0. The van der Waals surface area contributed by atoms with Crippen molar-refractivity contribution in [2.45, 2.75) is 129 Å². The standard InChI is InChI=1S/C33H52O3/c1-5-6-7-8-18-33(19-20-33)31(36)16-11-23(2)28-14-15-29-25(10-9-17-32(28,29)4)12-13-26-21-27(34)22-30(35)24(26)3/h11-13,16,23,27-31,34-36H,3,5-10,14-15,17-22H2,1-2,4H3/b16-11+,25-12+,26-13-/t23-,27-,28-,29+,30+,31-,32-/m1/s1. The van der Waals surface area contributed by atoms with Gasteiger partial charge in [0.1, 0.15) is 0 Å². The van der Waals surface area contributed by atoms with E-state index in [2.05, 4.69) is 51.7 Å². The van der Waals surface area contributed by atoms with E-state index in [9.17, 15) is 15.3 Å². The molecule has 0 bridgehead atoms. The molecule has 4 fully saturated rings. The lowest BCUT2D eigenvalue weighted by atomic mass is 9.61. The van der Waals surface area contributed by atoms with Gasteiger partial charge in [0, 0.05) is 6.42 Å². The third-order valence-electron chi connectivity index (χ3n) is 10.6. The average molecular weight is 497 g/mol. The van der Waals surface area contributed by atoms with E-state index in [1.54, 1.807) is 5.57 Å². The summed E-state index contributed by atoms with van der Waals surface area (Å²) in [5, 5.41) is 31.4. The zero-order valence-electron chi connectivity index (χ0n) is 23.2. The van der Waals surface area contributed by atoms with Crippen LogP contribution in [0.3, 0.4) is 0 Å². The molecule has 202 valence electrons. The summed E-state index contributed by atoms with van der Waals surface area (Å²) in [6.07, 6.45) is 23.4. The molecule has 0 aromatic heterocycles. The summed E-state index contributed by atoms with van der Waals surface area (Å²) in [4.78, 5) is 0. The second kappa shape index (κ2) is 11.7. The van der Waals surface area contributed by atoms with Gasteiger partial charge < -0.3 is 15.3 Å². The van der Waals surface area contributed by atoms with Gasteiger partial charge in [0.05, 0.1) is 18.3 Å². The van der Waals surface area contributed by atoms with Crippen LogP contribution in [0.1, 0.15) is 111 Å². The van der Waals surface area contributed by atoms with E-state index in [-0.39, 0.29) is 11.5 Å². The van der Waals surface area contributed by atoms with Gasteiger partial charge in [-0.25, -0.2) is 0 Å². The number of allylic oxidation sites excluding steroid dienone is 4.